The summed E-state index contributed by atoms with van der Waals surface area (Å²) in [6, 6.07) is 18.8. The Labute approximate surface area is 173 Å². The second kappa shape index (κ2) is 8.91. The standard InChI is InChI=1S/C25H30N2O2/c1-26(25(29)14-13-24(28)19-8-3-2-4-9-19)22-12-7-15-27(18-22)23-16-20-10-5-6-11-21(20)17-23/h2-6,8-11,22-23H,7,12-18H2,1H3/t22-/m0/s1. The highest BCUT2D eigenvalue weighted by Gasteiger charge is 2.32. The van der Waals surface area contributed by atoms with Gasteiger partial charge in [-0.05, 0) is 43.4 Å². The number of likely N-dealkylation sites (N-methyl/N-ethyl adjacent to an activating group) is 1. The summed E-state index contributed by atoms with van der Waals surface area (Å²) in [7, 11) is 1.91. The van der Waals surface area contributed by atoms with E-state index in [4.69, 9.17) is 0 Å². The molecule has 1 aliphatic carbocycles. The number of rotatable bonds is 6. The molecule has 0 saturated carbocycles. The van der Waals surface area contributed by atoms with Crippen molar-refractivity contribution < 1.29 is 9.59 Å². The Morgan fingerprint density at radius 2 is 1.62 bits per heavy atom. The third kappa shape index (κ3) is 4.59. The van der Waals surface area contributed by atoms with Gasteiger partial charge in [0.2, 0.25) is 5.91 Å². The van der Waals surface area contributed by atoms with E-state index >= 15 is 0 Å². The minimum Gasteiger partial charge on any atom is -0.341 e. The van der Waals surface area contributed by atoms with Crippen molar-refractivity contribution in [2.24, 2.45) is 0 Å². The molecule has 1 atom stereocenters. The minimum atomic E-state index is 0.0429. The normalized spacial score (nSPS) is 19.7. The Morgan fingerprint density at radius 3 is 2.31 bits per heavy atom. The molecule has 4 rings (SSSR count). The average Bonchev–Trinajstić information content (AvgIpc) is 3.22. The van der Waals surface area contributed by atoms with Gasteiger partial charge in [-0.15, -0.1) is 0 Å². The molecule has 1 amide bonds. The van der Waals surface area contributed by atoms with E-state index < -0.39 is 0 Å². The Balaban J connectivity index is 1.30. The molecule has 0 unspecified atom stereocenters. The molecule has 0 radical (unpaired) electrons. The first kappa shape index (κ1) is 19.8. The molecule has 1 saturated heterocycles. The Bertz CT molecular complexity index is 839. The lowest BCUT2D eigenvalue weighted by Gasteiger charge is -2.40. The van der Waals surface area contributed by atoms with E-state index in [1.807, 2.05) is 42.3 Å². The molecule has 1 aliphatic heterocycles. The molecule has 0 N–H and O–H groups in total. The van der Waals surface area contributed by atoms with Crippen molar-refractivity contribution in [1.82, 2.24) is 9.80 Å². The zero-order valence-electron chi connectivity index (χ0n) is 17.2. The van der Waals surface area contributed by atoms with Gasteiger partial charge in [-0.3, -0.25) is 14.5 Å². The van der Waals surface area contributed by atoms with E-state index in [2.05, 4.69) is 29.2 Å². The largest absolute Gasteiger partial charge is 0.341 e. The SMILES string of the molecule is CN(C(=O)CCC(=O)c1ccccc1)[C@H]1CCCN(C2Cc3ccccc3C2)C1. The number of piperidine rings is 1. The van der Waals surface area contributed by atoms with Crippen LogP contribution < -0.4 is 0 Å². The second-order valence-electron chi connectivity index (χ2n) is 8.42. The predicted molar refractivity (Wildman–Crippen MR) is 115 cm³/mol. The van der Waals surface area contributed by atoms with E-state index in [0.29, 0.717) is 11.6 Å². The zero-order chi connectivity index (χ0) is 20.2. The van der Waals surface area contributed by atoms with Gasteiger partial charge in [0.1, 0.15) is 0 Å². The summed E-state index contributed by atoms with van der Waals surface area (Å²) in [4.78, 5) is 29.5. The van der Waals surface area contributed by atoms with Gasteiger partial charge in [0.25, 0.3) is 0 Å². The Hall–Kier alpha value is -2.46. The number of carbonyl (C=O) groups excluding carboxylic acids is 2. The summed E-state index contributed by atoms with van der Waals surface area (Å²) < 4.78 is 0. The van der Waals surface area contributed by atoms with Crippen LogP contribution in [0.3, 0.4) is 0 Å². The molecule has 0 spiro atoms. The average molecular weight is 391 g/mol. The van der Waals surface area contributed by atoms with Gasteiger partial charge in [-0.2, -0.15) is 0 Å². The van der Waals surface area contributed by atoms with Gasteiger partial charge in [0, 0.05) is 44.1 Å². The maximum absolute atomic E-state index is 12.7. The molecule has 2 aliphatic rings. The smallest absolute Gasteiger partial charge is 0.223 e. The number of nitrogens with zero attached hydrogens (tertiary/aromatic N) is 2. The van der Waals surface area contributed by atoms with Crippen LogP contribution in [-0.2, 0) is 17.6 Å². The third-order valence-corrected chi connectivity index (χ3v) is 6.58. The fourth-order valence-electron chi connectivity index (χ4n) is 4.79. The van der Waals surface area contributed by atoms with Crippen LogP contribution in [0.25, 0.3) is 0 Å². The summed E-state index contributed by atoms with van der Waals surface area (Å²) in [6.45, 7) is 2.05. The van der Waals surface area contributed by atoms with Gasteiger partial charge < -0.3 is 4.90 Å². The quantitative estimate of drug-likeness (QED) is 0.706. The fraction of sp³-hybridized carbons (Fsp3) is 0.440. The lowest BCUT2D eigenvalue weighted by molar-refractivity contribution is -0.133. The molecule has 152 valence electrons. The first-order valence-electron chi connectivity index (χ1n) is 10.8. The summed E-state index contributed by atoms with van der Waals surface area (Å²) in [5.41, 5.74) is 3.64. The summed E-state index contributed by atoms with van der Waals surface area (Å²) in [6.07, 6.45) is 4.97. The van der Waals surface area contributed by atoms with Crippen LogP contribution in [0.4, 0.5) is 0 Å². The van der Waals surface area contributed by atoms with Crippen LogP contribution in [-0.4, -0.2) is 53.7 Å². The van der Waals surface area contributed by atoms with Crippen LogP contribution >= 0.6 is 0 Å². The zero-order valence-corrected chi connectivity index (χ0v) is 17.2. The first-order valence-corrected chi connectivity index (χ1v) is 10.8. The van der Waals surface area contributed by atoms with Crippen molar-refractivity contribution in [1.29, 1.82) is 0 Å². The number of benzene rings is 2. The first-order chi connectivity index (χ1) is 14.1. The molecule has 4 heteroatoms. The number of ketones is 1. The monoisotopic (exact) mass is 390 g/mol. The molecule has 2 aromatic rings. The van der Waals surface area contributed by atoms with Crippen molar-refractivity contribution in [3.05, 3.63) is 71.3 Å². The summed E-state index contributed by atoms with van der Waals surface area (Å²) in [5, 5.41) is 0. The predicted octanol–water partition coefficient (Wildman–Crippen LogP) is 3.74. The maximum Gasteiger partial charge on any atom is 0.223 e. The maximum atomic E-state index is 12.7. The van der Waals surface area contributed by atoms with Gasteiger partial charge in [-0.1, -0.05) is 54.6 Å². The van der Waals surface area contributed by atoms with Crippen molar-refractivity contribution in [2.45, 2.75) is 50.6 Å². The number of hydrogen-bond donors (Lipinski definition) is 0. The molecule has 4 nitrogen and oxygen atoms in total. The van der Waals surface area contributed by atoms with Crippen molar-refractivity contribution in [2.75, 3.05) is 20.1 Å². The summed E-state index contributed by atoms with van der Waals surface area (Å²) in [5.74, 6) is 0.122. The van der Waals surface area contributed by atoms with Crippen LogP contribution in [0, 0.1) is 0 Å². The van der Waals surface area contributed by atoms with Crippen molar-refractivity contribution in [3.8, 4) is 0 Å². The highest BCUT2D eigenvalue weighted by atomic mass is 16.2. The summed E-state index contributed by atoms with van der Waals surface area (Å²) >= 11 is 0. The fourth-order valence-corrected chi connectivity index (χ4v) is 4.79. The number of carbonyl (C=O) groups is 2. The van der Waals surface area contributed by atoms with Crippen LogP contribution in [0.5, 0.6) is 0 Å². The van der Waals surface area contributed by atoms with E-state index in [9.17, 15) is 9.59 Å². The Morgan fingerprint density at radius 1 is 0.966 bits per heavy atom. The number of fused-ring (bicyclic) bond motifs is 1. The molecule has 1 heterocycles. The second-order valence-corrected chi connectivity index (χ2v) is 8.42. The lowest BCUT2D eigenvalue weighted by atomic mass is 10.0. The number of hydrogen-bond acceptors (Lipinski definition) is 3. The van der Waals surface area contributed by atoms with Crippen molar-refractivity contribution >= 4 is 11.7 Å². The van der Waals surface area contributed by atoms with Gasteiger partial charge >= 0.3 is 0 Å². The Kier molecular flexibility index (Phi) is 6.10. The topological polar surface area (TPSA) is 40.6 Å². The molecule has 0 bridgehead atoms. The third-order valence-electron chi connectivity index (χ3n) is 6.58. The highest BCUT2D eigenvalue weighted by Crippen LogP contribution is 2.28. The van der Waals surface area contributed by atoms with E-state index in [1.54, 1.807) is 0 Å². The van der Waals surface area contributed by atoms with Crippen molar-refractivity contribution in [3.63, 3.8) is 0 Å². The molecular weight excluding hydrogens is 360 g/mol. The van der Waals surface area contributed by atoms with Gasteiger partial charge in [0.15, 0.2) is 5.78 Å². The number of likely N-dealkylation sites (tertiary alicyclic amines) is 1. The molecule has 1 fully saturated rings. The highest BCUT2D eigenvalue weighted by molar-refractivity contribution is 5.97. The van der Waals surface area contributed by atoms with Gasteiger partial charge in [0.05, 0.1) is 0 Å². The molecule has 0 aromatic heterocycles. The van der Waals surface area contributed by atoms with E-state index in [-0.39, 0.29) is 30.6 Å². The minimum absolute atomic E-state index is 0.0429. The molecular formula is C25H30N2O2. The lowest BCUT2D eigenvalue weighted by Crippen LogP contribution is -2.51. The van der Waals surface area contributed by atoms with Gasteiger partial charge in [-0.25, -0.2) is 0 Å². The van der Waals surface area contributed by atoms with Crippen LogP contribution in [0.1, 0.15) is 47.2 Å². The molecule has 29 heavy (non-hydrogen) atoms. The van der Waals surface area contributed by atoms with E-state index in [1.165, 1.54) is 11.1 Å². The number of amides is 1. The van der Waals surface area contributed by atoms with E-state index in [0.717, 1.165) is 38.8 Å². The van der Waals surface area contributed by atoms with Crippen LogP contribution in [0.15, 0.2) is 54.6 Å². The van der Waals surface area contributed by atoms with Crippen LogP contribution in [0.2, 0.25) is 0 Å². The molecule has 2 aromatic carbocycles. The number of Topliss-reactive ketones (excluding diaryl/α,β-unsaturated/α-hetero) is 1.